The first-order valence-corrected chi connectivity index (χ1v) is 8.01. The second-order valence-electron chi connectivity index (χ2n) is 5.60. The number of hydrogen-bond donors (Lipinski definition) is 2. The van der Waals surface area contributed by atoms with Crippen molar-refractivity contribution in [1.82, 2.24) is 10.3 Å². The molecular formula is C15H22BrN3O. The van der Waals surface area contributed by atoms with Gasteiger partial charge in [0.2, 0.25) is 5.91 Å². The number of aryl methyl sites for hydroxylation is 1. The molecule has 0 spiro atoms. The van der Waals surface area contributed by atoms with Crippen LogP contribution < -0.4 is 10.6 Å². The first-order chi connectivity index (χ1) is 9.57. The largest absolute Gasteiger partial charge is 0.324 e. The van der Waals surface area contributed by atoms with E-state index in [1.165, 1.54) is 0 Å². The number of amides is 1. The van der Waals surface area contributed by atoms with Gasteiger partial charge in [-0.05, 0) is 60.3 Å². The Kier molecular flexibility index (Phi) is 5.16. The lowest BCUT2D eigenvalue weighted by atomic mass is 9.76. The van der Waals surface area contributed by atoms with Gasteiger partial charge in [0.1, 0.15) is 4.60 Å². The normalized spacial score (nSPS) is 22.6. The summed E-state index contributed by atoms with van der Waals surface area (Å²) in [7, 11) is 0. The van der Waals surface area contributed by atoms with Crippen molar-refractivity contribution in [1.29, 1.82) is 0 Å². The van der Waals surface area contributed by atoms with Gasteiger partial charge >= 0.3 is 0 Å². The third-order valence-electron chi connectivity index (χ3n) is 3.95. The molecule has 110 valence electrons. The fourth-order valence-corrected chi connectivity index (χ4v) is 3.07. The molecule has 1 atom stereocenters. The Bertz CT molecular complexity index is 478. The summed E-state index contributed by atoms with van der Waals surface area (Å²) in [5.41, 5.74) is 1.53. The van der Waals surface area contributed by atoms with Crippen LogP contribution in [0.15, 0.2) is 16.9 Å². The Labute approximate surface area is 128 Å². The van der Waals surface area contributed by atoms with E-state index in [0.29, 0.717) is 0 Å². The Morgan fingerprint density at radius 1 is 1.60 bits per heavy atom. The molecule has 1 unspecified atom stereocenters. The van der Waals surface area contributed by atoms with E-state index in [-0.39, 0.29) is 11.3 Å². The first-order valence-electron chi connectivity index (χ1n) is 7.22. The van der Waals surface area contributed by atoms with Gasteiger partial charge in [0.25, 0.3) is 0 Å². The van der Waals surface area contributed by atoms with E-state index < -0.39 is 0 Å². The van der Waals surface area contributed by atoms with Crippen molar-refractivity contribution in [3.8, 4) is 0 Å². The van der Waals surface area contributed by atoms with Crippen molar-refractivity contribution in [2.24, 2.45) is 5.41 Å². The van der Waals surface area contributed by atoms with E-state index in [4.69, 9.17) is 0 Å². The van der Waals surface area contributed by atoms with Crippen molar-refractivity contribution in [3.05, 3.63) is 22.4 Å². The summed E-state index contributed by atoms with van der Waals surface area (Å²) in [5.74, 6) is 0.120. The molecule has 0 radical (unpaired) electrons. The van der Waals surface area contributed by atoms with Crippen molar-refractivity contribution in [2.75, 3.05) is 18.4 Å². The van der Waals surface area contributed by atoms with Crippen LogP contribution in [0.1, 0.15) is 38.2 Å². The molecule has 0 saturated carbocycles. The lowest BCUT2D eigenvalue weighted by Crippen LogP contribution is -2.48. The van der Waals surface area contributed by atoms with Crippen LogP contribution in [0.5, 0.6) is 0 Å². The number of hydrogen-bond acceptors (Lipinski definition) is 3. The highest BCUT2D eigenvalue weighted by Gasteiger charge is 2.38. The van der Waals surface area contributed by atoms with Crippen LogP contribution in [0.25, 0.3) is 0 Å². The van der Waals surface area contributed by atoms with E-state index in [1.807, 2.05) is 13.0 Å². The number of rotatable bonds is 4. The summed E-state index contributed by atoms with van der Waals surface area (Å²) in [6, 6.07) is 1.95. The number of halogens is 1. The van der Waals surface area contributed by atoms with Crippen LogP contribution >= 0.6 is 15.9 Å². The first kappa shape index (κ1) is 15.4. The molecule has 2 N–H and O–H groups in total. The minimum Gasteiger partial charge on any atom is -0.324 e. The third kappa shape index (κ3) is 3.38. The minimum absolute atomic E-state index is 0.120. The van der Waals surface area contributed by atoms with Gasteiger partial charge in [-0.1, -0.05) is 13.3 Å². The number of anilines is 1. The zero-order valence-corrected chi connectivity index (χ0v) is 13.7. The van der Waals surface area contributed by atoms with Crippen LogP contribution in [-0.4, -0.2) is 24.0 Å². The molecule has 1 amide bonds. The SMILES string of the molecule is CCCC1(C(=O)Nc2cnc(Br)c(C)c2)CCCNC1. The Morgan fingerprint density at radius 3 is 3.00 bits per heavy atom. The Hall–Kier alpha value is -0.940. The number of aromatic nitrogens is 1. The van der Waals surface area contributed by atoms with Crippen molar-refractivity contribution < 1.29 is 4.79 Å². The topological polar surface area (TPSA) is 54.0 Å². The third-order valence-corrected chi connectivity index (χ3v) is 4.78. The van der Waals surface area contributed by atoms with Crippen LogP contribution in [-0.2, 0) is 4.79 Å². The summed E-state index contributed by atoms with van der Waals surface area (Å²) >= 11 is 3.37. The smallest absolute Gasteiger partial charge is 0.231 e. The Morgan fingerprint density at radius 2 is 2.40 bits per heavy atom. The van der Waals surface area contributed by atoms with Gasteiger partial charge in [-0.15, -0.1) is 0 Å². The molecule has 20 heavy (non-hydrogen) atoms. The van der Waals surface area contributed by atoms with Gasteiger partial charge in [0, 0.05) is 6.54 Å². The quantitative estimate of drug-likeness (QED) is 0.828. The maximum absolute atomic E-state index is 12.7. The molecule has 1 aliphatic rings. The summed E-state index contributed by atoms with van der Waals surface area (Å²) < 4.78 is 0.818. The van der Waals surface area contributed by atoms with Gasteiger partial charge in [-0.3, -0.25) is 4.79 Å². The van der Waals surface area contributed by atoms with Crippen LogP contribution in [0.4, 0.5) is 5.69 Å². The van der Waals surface area contributed by atoms with Crippen LogP contribution in [0, 0.1) is 12.3 Å². The molecular weight excluding hydrogens is 318 g/mol. The number of nitrogens with one attached hydrogen (secondary N) is 2. The Balaban J connectivity index is 2.13. The lowest BCUT2D eigenvalue weighted by Gasteiger charge is -2.36. The highest BCUT2D eigenvalue weighted by molar-refractivity contribution is 9.10. The van der Waals surface area contributed by atoms with E-state index in [2.05, 4.69) is 38.5 Å². The standard InChI is InChI=1S/C15H22BrN3O/c1-3-5-15(6-4-7-17-10-15)14(20)19-12-8-11(2)13(16)18-9-12/h8-9,17H,3-7,10H2,1-2H3,(H,19,20). The van der Waals surface area contributed by atoms with Gasteiger partial charge < -0.3 is 10.6 Å². The highest BCUT2D eigenvalue weighted by atomic mass is 79.9. The second kappa shape index (κ2) is 6.68. The average Bonchev–Trinajstić information content (AvgIpc) is 2.44. The lowest BCUT2D eigenvalue weighted by molar-refractivity contribution is -0.127. The molecule has 0 aliphatic carbocycles. The van der Waals surface area contributed by atoms with Gasteiger partial charge in [-0.2, -0.15) is 0 Å². The molecule has 4 nitrogen and oxygen atoms in total. The molecule has 1 aromatic heterocycles. The van der Waals surface area contributed by atoms with Gasteiger partial charge in [-0.25, -0.2) is 4.98 Å². The maximum Gasteiger partial charge on any atom is 0.231 e. The predicted molar refractivity (Wildman–Crippen MR) is 84.7 cm³/mol. The molecule has 5 heteroatoms. The minimum atomic E-state index is -0.270. The summed E-state index contributed by atoms with van der Waals surface area (Å²) in [6.45, 7) is 5.89. The molecule has 2 rings (SSSR count). The summed E-state index contributed by atoms with van der Waals surface area (Å²) in [4.78, 5) is 16.9. The molecule has 1 aromatic rings. The fraction of sp³-hybridized carbons (Fsp3) is 0.600. The molecule has 0 bridgehead atoms. The molecule has 2 heterocycles. The van der Waals surface area contributed by atoms with Crippen molar-refractivity contribution in [3.63, 3.8) is 0 Å². The van der Waals surface area contributed by atoms with Gasteiger partial charge in [0.05, 0.1) is 17.3 Å². The average molecular weight is 340 g/mol. The van der Waals surface area contributed by atoms with E-state index in [1.54, 1.807) is 6.20 Å². The molecule has 0 aromatic carbocycles. The van der Waals surface area contributed by atoms with E-state index >= 15 is 0 Å². The van der Waals surface area contributed by atoms with Gasteiger partial charge in [0.15, 0.2) is 0 Å². The van der Waals surface area contributed by atoms with Crippen molar-refractivity contribution in [2.45, 2.75) is 39.5 Å². The monoisotopic (exact) mass is 339 g/mol. The maximum atomic E-state index is 12.7. The summed E-state index contributed by atoms with van der Waals surface area (Å²) in [5, 5.41) is 6.41. The second-order valence-corrected chi connectivity index (χ2v) is 6.35. The predicted octanol–water partition coefficient (Wildman–Crippen LogP) is 3.26. The number of carbonyl (C=O) groups excluding carboxylic acids is 1. The van der Waals surface area contributed by atoms with Crippen LogP contribution in [0.3, 0.4) is 0 Å². The van der Waals surface area contributed by atoms with E-state index in [9.17, 15) is 4.79 Å². The number of piperidine rings is 1. The molecule has 1 saturated heterocycles. The van der Waals surface area contributed by atoms with E-state index in [0.717, 1.165) is 54.6 Å². The zero-order chi connectivity index (χ0) is 14.6. The van der Waals surface area contributed by atoms with Crippen molar-refractivity contribution >= 4 is 27.5 Å². The molecule has 1 aliphatic heterocycles. The molecule has 1 fully saturated rings. The number of pyridine rings is 1. The fourth-order valence-electron chi connectivity index (χ4n) is 2.86. The van der Waals surface area contributed by atoms with Crippen LogP contribution in [0.2, 0.25) is 0 Å². The zero-order valence-electron chi connectivity index (χ0n) is 12.1. The number of nitrogens with zero attached hydrogens (tertiary/aromatic N) is 1. The number of carbonyl (C=O) groups is 1. The summed E-state index contributed by atoms with van der Waals surface area (Å²) in [6.07, 6.45) is 5.67. The highest BCUT2D eigenvalue weighted by Crippen LogP contribution is 2.33.